The predicted molar refractivity (Wildman–Crippen MR) is 56.8 cm³/mol. The average molecular weight is 228 g/mol. The highest BCUT2D eigenvalue weighted by Crippen LogP contribution is 2.20. The van der Waals surface area contributed by atoms with Gasteiger partial charge in [0.1, 0.15) is 5.54 Å². The van der Waals surface area contributed by atoms with Crippen molar-refractivity contribution in [1.82, 2.24) is 5.32 Å². The minimum Gasteiger partial charge on any atom is -0.468 e. The van der Waals surface area contributed by atoms with Crippen LogP contribution in [0, 0.1) is 0 Å². The maximum Gasteiger partial charge on any atom is 0.328 e. The third kappa shape index (κ3) is 3.10. The fourth-order valence-electron chi connectivity index (χ4n) is 1.75. The normalized spacial score (nSPS) is 24.6. The van der Waals surface area contributed by atoms with Crippen molar-refractivity contribution in [2.24, 2.45) is 5.11 Å². The lowest BCUT2D eigenvalue weighted by molar-refractivity contribution is -0.154. The van der Waals surface area contributed by atoms with E-state index in [1.165, 1.54) is 7.11 Å². The molecule has 1 rings (SSSR count). The van der Waals surface area contributed by atoms with E-state index in [1.807, 2.05) is 0 Å². The molecule has 0 aromatic rings. The van der Waals surface area contributed by atoms with Crippen molar-refractivity contribution >= 4 is 5.97 Å². The molecule has 7 nitrogen and oxygen atoms in total. The summed E-state index contributed by atoms with van der Waals surface area (Å²) in [6.07, 6.45) is 1.49. The third-order valence-corrected chi connectivity index (χ3v) is 2.56. The summed E-state index contributed by atoms with van der Waals surface area (Å²) < 4.78 is 10.1. The summed E-state index contributed by atoms with van der Waals surface area (Å²) in [4.78, 5) is 14.3. The summed E-state index contributed by atoms with van der Waals surface area (Å²) in [5, 5.41) is 6.45. The molecule has 1 saturated heterocycles. The second-order valence-corrected chi connectivity index (χ2v) is 3.61. The van der Waals surface area contributed by atoms with E-state index < -0.39 is 5.54 Å². The summed E-state index contributed by atoms with van der Waals surface area (Å²) in [6.45, 7) is 1.70. The zero-order valence-corrected chi connectivity index (χ0v) is 9.31. The third-order valence-electron chi connectivity index (χ3n) is 2.56. The summed E-state index contributed by atoms with van der Waals surface area (Å²) in [5.74, 6) is -0.326. The minimum absolute atomic E-state index is 0.301. The number of esters is 1. The van der Waals surface area contributed by atoms with Gasteiger partial charge in [-0.05, 0) is 18.4 Å². The molecular formula is C9H16N4O3. The summed E-state index contributed by atoms with van der Waals surface area (Å²) in [7, 11) is 1.35. The molecule has 1 aliphatic rings. The van der Waals surface area contributed by atoms with Gasteiger partial charge < -0.3 is 9.47 Å². The molecule has 1 heterocycles. The molecule has 0 aromatic heterocycles. The van der Waals surface area contributed by atoms with Crippen molar-refractivity contribution in [3.8, 4) is 0 Å². The Kier molecular flexibility index (Phi) is 5.04. The van der Waals surface area contributed by atoms with E-state index in [-0.39, 0.29) is 5.97 Å². The largest absolute Gasteiger partial charge is 0.468 e. The standard InChI is InChI=1S/C9H16N4O3/c1-15-8(14)9(3-2-6-16-7-9)11-4-5-12-13-10/h11H,2-7H2,1H3. The Morgan fingerprint density at radius 3 is 3.12 bits per heavy atom. The molecule has 0 saturated carbocycles. The first kappa shape index (κ1) is 12.8. The fraction of sp³-hybridized carbons (Fsp3) is 0.889. The molecule has 90 valence electrons. The molecular weight excluding hydrogens is 212 g/mol. The topological polar surface area (TPSA) is 96.3 Å². The molecule has 0 aliphatic carbocycles. The molecule has 0 amide bonds. The Labute approximate surface area is 93.7 Å². The number of carbonyl (C=O) groups excluding carboxylic acids is 1. The first-order chi connectivity index (χ1) is 7.75. The molecule has 1 unspecified atom stereocenters. The van der Waals surface area contributed by atoms with Crippen LogP contribution in [0.4, 0.5) is 0 Å². The van der Waals surface area contributed by atoms with Crippen LogP contribution in [-0.2, 0) is 14.3 Å². The minimum atomic E-state index is -0.780. The molecule has 1 fully saturated rings. The number of hydrogen-bond acceptors (Lipinski definition) is 5. The van der Waals surface area contributed by atoms with E-state index >= 15 is 0 Å². The van der Waals surface area contributed by atoms with Gasteiger partial charge in [0.05, 0.1) is 13.7 Å². The van der Waals surface area contributed by atoms with Crippen LogP contribution in [0.3, 0.4) is 0 Å². The van der Waals surface area contributed by atoms with Gasteiger partial charge in [-0.3, -0.25) is 5.32 Å². The van der Waals surface area contributed by atoms with Gasteiger partial charge in [-0.1, -0.05) is 5.11 Å². The number of ether oxygens (including phenoxy) is 2. The predicted octanol–water partition coefficient (Wildman–Crippen LogP) is 0.608. The molecule has 0 bridgehead atoms. The Balaban J connectivity index is 2.55. The monoisotopic (exact) mass is 228 g/mol. The van der Waals surface area contributed by atoms with E-state index in [2.05, 4.69) is 15.3 Å². The van der Waals surface area contributed by atoms with Gasteiger partial charge in [0.2, 0.25) is 0 Å². The number of azide groups is 1. The van der Waals surface area contributed by atoms with Gasteiger partial charge in [-0.2, -0.15) is 0 Å². The number of nitrogens with one attached hydrogen (secondary N) is 1. The van der Waals surface area contributed by atoms with Gasteiger partial charge in [0.15, 0.2) is 0 Å². The molecule has 0 radical (unpaired) electrons. The van der Waals surface area contributed by atoms with E-state index in [0.29, 0.717) is 32.7 Å². The molecule has 0 aromatic carbocycles. The molecule has 0 spiro atoms. The van der Waals surface area contributed by atoms with Crippen molar-refractivity contribution in [1.29, 1.82) is 0 Å². The average Bonchev–Trinajstić information content (AvgIpc) is 2.35. The SMILES string of the molecule is COC(=O)C1(NCCN=[N+]=[N-])CCCOC1. The lowest BCUT2D eigenvalue weighted by atomic mass is 9.92. The zero-order valence-electron chi connectivity index (χ0n) is 9.31. The number of methoxy groups -OCH3 is 1. The fourth-order valence-corrected chi connectivity index (χ4v) is 1.75. The zero-order chi connectivity index (χ0) is 11.9. The van der Waals surface area contributed by atoms with E-state index in [0.717, 1.165) is 6.42 Å². The highest BCUT2D eigenvalue weighted by molar-refractivity contribution is 5.81. The molecule has 7 heteroatoms. The maximum atomic E-state index is 11.7. The number of hydrogen-bond donors (Lipinski definition) is 1. The summed E-state index contributed by atoms with van der Waals surface area (Å²) >= 11 is 0. The van der Waals surface area contributed by atoms with Crippen LogP contribution in [0.5, 0.6) is 0 Å². The van der Waals surface area contributed by atoms with Crippen molar-refractivity contribution in [3.63, 3.8) is 0 Å². The maximum absolute atomic E-state index is 11.7. The second kappa shape index (κ2) is 6.32. The Bertz CT molecular complexity index is 282. The van der Waals surface area contributed by atoms with Crippen molar-refractivity contribution < 1.29 is 14.3 Å². The summed E-state index contributed by atoms with van der Waals surface area (Å²) in [6, 6.07) is 0. The van der Waals surface area contributed by atoms with Crippen LogP contribution in [-0.4, -0.2) is 44.9 Å². The molecule has 16 heavy (non-hydrogen) atoms. The Morgan fingerprint density at radius 1 is 1.75 bits per heavy atom. The first-order valence-corrected chi connectivity index (χ1v) is 5.17. The first-order valence-electron chi connectivity index (χ1n) is 5.17. The highest BCUT2D eigenvalue weighted by Gasteiger charge is 2.40. The van der Waals surface area contributed by atoms with Crippen LogP contribution < -0.4 is 5.32 Å². The second-order valence-electron chi connectivity index (χ2n) is 3.61. The van der Waals surface area contributed by atoms with Crippen LogP contribution >= 0.6 is 0 Å². The van der Waals surface area contributed by atoms with Crippen LogP contribution in [0.2, 0.25) is 0 Å². The van der Waals surface area contributed by atoms with Gasteiger partial charge in [0.25, 0.3) is 0 Å². The quantitative estimate of drug-likeness (QED) is 0.245. The number of carbonyl (C=O) groups is 1. The van der Waals surface area contributed by atoms with Crippen LogP contribution in [0.15, 0.2) is 5.11 Å². The van der Waals surface area contributed by atoms with Gasteiger partial charge >= 0.3 is 5.97 Å². The van der Waals surface area contributed by atoms with Crippen molar-refractivity contribution in [2.75, 3.05) is 33.4 Å². The van der Waals surface area contributed by atoms with Crippen LogP contribution in [0.25, 0.3) is 10.4 Å². The van der Waals surface area contributed by atoms with Gasteiger partial charge in [0, 0.05) is 24.6 Å². The van der Waals surface area contributed by atoms with Crippen LogP contribution in [0.1, 0.15) is 12.8 Å². The van der Waals surface area contributed by atoms with Gasteiger partial charge in [-0.25, -0.2) is 4.79 Å². The van der Waals surface area contributed by atoms with Gasteiger partial charge in [-0.15, -0.1) is 0 Å². The Hall–Kier alpha value is -1.30. The van der Waals surface area contributed by atoms with Crippen molar-refractivity contribution in [3.05, 3.63) is 10.4 Å². The molecule has 1 N–H and O–H groups in total. The van der Waals surface area contributed by atoms with E-state index in [9.17, 15) is 4.79 Å². The number of nitrogens with zero attached hydrogens (tertiary/aromatic N) is 3. The van der Waals surface area contributed by atoms with E-state index in [4.69, 9.17) is 15.0 Å². The highest BCUT2D eigenvalue weighted by atomic mass is 16.5. The molecule has 1 atom stereocenters. The Morgan fingerprint density at radius 2 is 2.56 bits per heavy atom. The smallest absolute Gasteiger partial charge is 0.328 e. The van der Waals surface area contributed by atoms with Crippen molar-refractivity contribution in [2.45, 2.75) is 18.4 Å². The molecule has 1 aliphatic heterocycles. The lowest BCUT2D eigenvalue weighted by Gasteiger charge is -2.35. The lowest BCUT2D eigenvalue weighted by Crippen LogP contribution is -2.58. The number of rotatable bonds is 5. The van der Waals surface area contributed by atoms with E-state index in [1.54, 1.807) is 0 Å². The summed E-state index contributed by atoms with van der Waals surface area (Å²) in [5.41, 5.74) is 7.36.